The average Bonchev–Trinajstić information content (AvgIpc) is 2.12. The van der Waals surface area contributed by atoms with Gasteiger partial charge in [0.2, 0.25) is 0 Å². The van der Waals surface area contributed by atoms with Gasteiger partial charge in [0, 0.05) is 6.42 Å². The van der Waals surface area contributed by atoms with Crippen molar-refractivity contribution in [2.75, 3.05) is 0 Å². The highest BCUT2D eigenvalue weighted by atomic mass is 35.5. The van der Waals surface area contributed by atoms with E-state index >= 15 is 0 Å². The Morgan fingerprint density at radius 2 is 2.07 bits per heavy atom. The van der Waals surface area contributed by atoms with Crippen LogP contribution in [-0.4, -0.2) is 10.7 Å². The first-order chi connectivity index (χ1) is 6.84. The monoisotopic (exact) mass is 230 g/mol. The molecule has 15 heavy (non-hydrogen) atoms. The molecule has 1 unspecified atom stereocenters. The number of rotatable bonds is 3. The zero-order valence-corrected chi connectivity index (χ0v) is 9.98. The normalized spacial score (nSPS) is 15.4. The molecule has 0 spiro atoms. The number of halogens is 2. The number of aliphatic hydroxyl groups is 1. The summed E-state index contributed by atoms with van der Waals surface area (Å²) in [5, 5.41) is 10.2. The van der Waals surface area contributed by atoms with Crippen LogP contribution in [-0.2, 0) is 6.42 Å². The molecular weight excluding hydrogens is 215 g/mol. The molecule has 84 valence electrons. The Balaban J connectivity index is 2.95. The van der Waals surface area contributed by atoms with E-state index in [0.29, 0.717) is 12.0 Å². The van der Waals surface area contributed by atoms with Crippen molar-refractivity contribution in [3.05, 3.63) is 34.6 Å². The molecule has 0 saturated carbocycles. The van der Waals surface area contributed by atoms with Gasteiger partial charge in [0.05, 0.1) is 10.6 Å². The minimum atomic E-state index is -0.864. The van der Waals surface area contributed by atoms with Crippen molar-refractivity contribution in [1.29, 1.82) is 0 Å². The lowest BCUT2D eigenvalue weighted by Gasteiger charge is -2.28. The lowest BCUT2D eigenvalue weighted by Crippen LogP contribution is -2.33. The largest absolute Gasteiger partial charge is 0.390 e. The molecule has 1 rings (SSSR count). The van der Waals surface area contributed by atoms with Gasteiger partial charge in [0.1, 0.15) is 5.82 Å². The number of hydrogen-bond acceptors (Lipinski definition) is 1. The van der Waals surface area contributed by atoms with E-state index in [9.17, 15) is 9.50 Å². The third kappa shape index (κ3) is 2.93. The van der Waals surface area contributed by atoms with E-state index < -0.39 is 11.4 Å². The van der Waals surface area contributed by atoms with Gasteiger partial charge in [0.15, 0.2) is 0 Å². The van der Waals surface area contributed by atoms with E-state index in [2.05, 4.69) is 0 Å². The summed E-state index contributed by atoms with van der Waals surface area (Å²) < 4.78 is 13.1. The van der Waals surface area contributed by atoms with Gasteiger partial charge in [-0.05, 0) is 24.5 Å². The molecule has 0 aliphatic carbocycles. The van der Waals surface area contributed by atoms with Gasteiger partial charge in [-0.2, -0.15) is 0 Å². The molecular formula is C12H16ClFO. The Hall–Kier alpha value is -0.600. The molecule has 0 bridgehead atoms. The molecule has 1 aromatic rings. The summed E-state index contributed by atoms with van der Waals surface area (Å²) >= 11 is 5.82. The van der Waals surface area contributed by atoms with Gasteiger partial charge in [-0.15, -0.1) is 0 Å². The fourth-order valence-corrected chi connectivity index (χ4v) is 1.47. The van der Waals surface area contributed by atoms with Gasteiger partial charge >= 0.3 is 0 Å². The van der Waals surface area contributed by atoms with Gasteiger partial charge in [-0.25, -0.2) is 4.39 Å². The summed E-state index contributed by atoms with van der Waals surface area (Å²) in [5.74, 6) is -0.342. The summed E-state index contributed by atoms with van der Waals surface area (Å²) in [6.07, 6.45) is 0.362. The van der Waals surface area contributed by atoms with Crippen molar-refractivity contribution in [3.8, 4) is 0 Å². The second-order valence-electron chi connectivity index (χ2n) is 4.40. The highest BCUT2D eigenvalue weighted by Gasteiger charge is 2.26. The van der Waals surface area contributed by atoms with E-state index in [0.717, 1.165) is 0 Å². The Labute approximate surface area is 94.9 Å². The minimum absolute atomic E-state index is 0.0943. The van der Waals surface area contributed by atoms with Crippen molar-refractivity contribution in [2.24, 2.45) is 5.92 Å². The molecule has 0 radical (unpaired) electrons. The zero-order valence-electron chi connectivity index (χ0n) is 9.22. The first-order valence-corrected chi connectivity index (χ1v) is 5.37. The van der Waals surface area contributed by atoms with E-state index in [1.54, 1.807) is 19.1 Å². The van der Waals surface area contributed by atoms with Crippen molar-refractivity contribution < 1.29 is 9.50 Å². The molecule has 0 amide bonds. The van der Waals surface area contributed by atoms with Crippen molar-refractivity contribution >= 4 is 11.6 Å². The highest BCUT2D eigenvalue weighted by Crippen LogP contribution is 2.27. The van der Waals surface area contributed by atoms with Crippen LogP contribution in [0.5, 0.6) is 0 Å². The van der Waals surface area contributed by atoms with Crippen LogP contribution in [0.25, 0.3) is 0 Å². The van der Waals surface area contributed by atoms with Gasteiger partial charge in [0.25, 0.3) is 0 Å². The van der Waals surface area contributed by atoms with Crippen LogP contribution in [0, 0.1) is 11.7 Å². The van der Waals surface area contributed by atoms with E-state index in [1.807, 2.05) is 13.8 Å². The molecule has 0 fully saturated rings. The summed E-state index contributed by atoms with van der Waals surface area (Å²) in [7, 11) is 0. The van der Waals surface area contributed by atoms with E-state index in [1.165, 1.54) is 6.07 Å². The Morgan fingerprint density at radius 1 is 1.47 bits per heavy atom. The Kier molecular flexibility index (Phi) is 3.74. The van der Waals surface area contributed by atoms with Crippen LogP contribution in [0.4, 0.5) is 4.39 Å². The molecule has 1 N–H and O–H groups in total. The van der Waals surface area contributed by atoms with Crippen LogP contribution in [0.2, 0.25) is 5.02 Å². The lowest BCUT2D eigenvalue weighted by atomic mass is 9.86. The summed E-state index contributed by atoms with van der Waals surface area (Å²) in [6.45, 7) is 5.58. The van der Waals surface area contributed by atoms with Crippen LogP contribution < -0.4 is 0 Å². The number of benzene rings is 1. The molecule has 3 heteroatoms. The molecule has 0 heterocycles. The summed E-state index contributed by atoms with van der Waals surface area (Å²) in [4.78, 5) is 0. The maximum absolute atomic E-state index is 13.1. The fourth-order valence-electron chi connectivity index (χ4n) is 1.27. The molecule has 1 aromatic carbocycles. The van der Waals surface area contributed by atoms with Crippen molar-refractivity contribution in [1.82, 2.24) is 0 Å². The molecule has 0 aliphatic rings. The Morgan fingerprint density at radius 3 is 2.60 bits per heavy atom. The zero-order chi connectivity index (χ0) is 11.6. The van der Waals surface area contributed by atoms with Crippen molar-refractivity contribution in [2.45, 2.75) is 32.8 Å². The van der Waals surface area contributed by atoms with Crippen LogP contribution in [0.15, 0.2) is 18.2 Å². The first kappa shape index (κ1) is 12.5. The first-order valence-electron chi connectivity index (χ1n) is 5.00. The molecule has 1 nitrogen and oxygen atoms in total. The molecule has 0 aromatic heterocycles. The van der Waals surface area contributed by atoms with Crippen LogP contribution in [0.3, 0.4) is 0 Å². The van der Waals surface area contributed by atoms with Crippen LogP contribution >= 0.6 is 11.6 Å². The summed E-state index contributed by atoms with van der Waals surface area (Å²) in [5.41, 5.74) is -0.215. The minimum Gasteiger partial charge on any atom is -0.390 e. The summed E-state index contributed by atoms with van der Waals surface area (Å²) in [6, 6.07) is 4.66. The maximum atomic E-state index is 13.1. The maximum Gasteiger partial charge on any atom is 0.142 e. The lowest BCUT2D eigenvalue weighted by molar-refractivity contribution is 0.0139. The predicted molar refractivity (Wildman–Crippen MR) is 60.6 cm³/mol. The van der Waals surface area contributed by atoms with E-state index in [-0.39, 0.29) is 10.9 Å². The second kappa shape index (κ2) is 4.50. The quantitative estimate of drug-likeness (QED) is 0.844. The highest BCUT2D eigenvalue weighted by molar-refractivity contribution is 6.31. The fraction of sp³-hybridized carbons (Fsp3) is 0.500. The average molecular weight is 231 g/mol. The third-order valence-electron chi connectivity index (χ3n) is 2.82. The predicted octanol–water partition coefficient (Wildman–Crippen LogP) is 3.43. The third-order valence-corrected chi connectivity index (χ3v) is 3.25. The molecule has 0 saturated heterocycles. The second-order valence-corrected chi connectivity index (χ2v) is 4.78. The van der Waals surface area contributed by atoms with Gasteiger partial charge < -0.3 is 5.11 Å². The van der Waals surface area contributed by atoms with Crippen molar-refractivity contribution in [3.63, 3.8) is 0 Å². The van der Waals surface area contributed by atoms with Gasteiger partial charge in [-0.3, -0.25) is 0 Å². The number of hydrogen-bond donors (Lipinski definition) is 1. The van der Waals surface area contributed by atoms with E-state index in [4.69, 9.17) is 11.6 Å². The Bertz CT molecular complexity index is 347. The SMILES string of the molecule is CC(C)C(C)(O)Cc1cccc(F)c1Cl. The standard InChI is InChI=1S/C12H16ClFO/c1-8(2)12(3,15)7-9-5-4-6-10(14)11(9)13/h4-6,8,15H,7H2,1-3H3. The smallest absolute Gasteiger partial charge is 0.142 e. The molecule has 0 aliphatic heterocycles. The van der Waals surface area contributed by atoms with Gasteiger partial charge in [-0.1, -0.05) is 37.6 Å². The van der Waals surface area contributed by atoms with Crippen LogP contribution in [0.1, 0.15) is 26.3 Å². The topological polar surface area (TPSA) is 20.2 Å². The molecule has 1 atom stereocenters.